The zero-order valence-corrected chi connectivity index (χ0v) is 15.6. The third-order valence-corrected chi connectivity index (χ3v) is 6.92. The molecule has 8 heteroatoms. The summed E-state index contributed by atoms with van der Waals surface area (Å²) in [6, 6.07) is 6.23. The Morgan fingerprint density at radius 3 is 2.56 bits per heavy atom. The highest BCUT2D eigenvalue weighted by atomic mass is 32.2. The van der Waals surface area contributed by atoms with E-state index in [1.165, 1.54) is 16.4 Å². The van der Waals surface area contributed by atoms with Gasteiger partial charge in [-0.2, -0.15) is 17.0 Å². The molecule has 3 saturated heterocycles. The molecule has 0 spiro atoms. The van der Waals surface area contributed by atoms with Crippen LogP contribution in [0.5, 0.6) is 5.75 Å². The normalized spacial score (nSPS) is 25.3. The standard InChI is InChI=1S/C17H26FN3O3S/c1-19(2)25(22,23)21-12-14-3-6-16(13-21)20(11-14)9-10-24-17-7-4-15(18)5-8-17/h4-5,7-8,14,16H,3,6,9-13H2,1-2H3. The molecule has 0 N–H and O–H groups in total. The Bertz CT molecular complexity index is 681. The monoisotopic (exact) mass is 371 g/mol. The second kappa shape index (κ2) is 7.57. The average molecular weight is 371 g/mol. The number of rotatable bonds is 6. The van der Waals surface area contributed by atoms with Crippen LogP contribution in [0.25, 0.3) is 0 Å². The Kier molecular flexibility index (Phi) is 5.62. The maximum absolute atomic E-state index is 12.9. The molecule has 6 nitrogen and oxygen atoms in total. The first-order chi connectivity index (χ1) is 11.9. The Balaban J connectivity index is 1.58. The lowest BCUT2D eigenvalue weighted by Crippen LogP contribution is -2.47. The maximum atomic E-state index is 12.9. The van der Waals surface area contributed by atoms with Gasteiger partial charge in [0, 0.05) is 46.3 Å². The molecule has 0 amide bonds. The summed E-state index contributed by atoms with van der Waals surface area (Å²) >= 11 is 0. The molecule has 25 heavy (non-hydrogen) atoms. The van der Waals surface area contributed by atoms with Gasteiger partial charge in [-0.15, -0.1) is 0 Å². The molecule has 1 aromatic carbocycles. The van der Waals surface area contributed by atoms with E-state index in [1.54, 1.807) is 30.5 Å². The molecule has 0 aliphatic carbocycles. The minimum Gasteiger partial charge on any atom is -0.492 e. The van der Waals surface area contributed by atoms with Crippen molar-refractivity contribution >= 4 is 10.2 Å². The van der Waals surface area contributed by atoms with Crippen LogP contribution in [0.3, 0.4) is 0 Å². The summed E-state index contributed by atoms with van der Waals surface area (Å²) in [6.45, 7) is 3.28. The van der Waals surface area contributed by atoms with Gasteiger partial charge < -0.3 is 4.74 Å². The molecule has 2 unspecified atom stereocenters. The van der Waals surface area contributed by atoms with Crippen molar-refractivity contribution in [2.45, 2.75) is 18.9 Å². The minimum absolute atomic E-state index is 0.227. The van der Waals surface area contributed by atoms with Gasteiger partial charge in [0.15, 0.2) is 0 Å². The Labute approximate surface area is 149 Å². The molecule has 3 fully saturated rings. The lowest BCUT2D eigenvalue weighted by Gasteiger charge is -2.35. The van der Waals surface area contributed by atoms with Gasteiger partial charge in [-0.3, -0.25) is 4.90 Å². The molecule has 3 heterocycles. The highest BCUT2D eigenvalue weighted by molar-refractivity contribution is 7.86. The number of piperidine rings is 1. The van der Waals surface area contributed by atoms with Crippen LogP contribution in [0.2, 0.25) is 0 Å². The third kappa shape index (κ3) is 4.31. The van der Waals surface area contributed by atoms with E-state index in [4.69, 9.17) is 4.74 Å². The number of hydrogen-bond donors (Lipinski definition) is 0. The van der Waals surface area contributed by atoms with Crippen molar-refractivity contribution in [2.75, 3.05) is 46.9 Å². The van der Waals surface area contributed by atoms with Gasteiger partial charge in [0.2, 0.25) is 0 Å². The van der Waals surface area contributed by atoms with Crippen LogP contribution >= 0.6 is 0 Å². The maximum Gasteiger partial charge on any atom is 0.281 e. The third-order valence-electron chi connectivity index (χ3n) is 5.04. The van der Waals surface area contributed by atoms with Crippen LogP contribution in [0.15, 0.2) is 24.3 Å². The molecule has 0 radical (unpaired) electrons. The van der Waals surface area contributed by atoms with Gasteiger partial charge in [0.05, 0.1) is 0 Å². The summed E-state index contributed by atoms with van der Waals surface area (Å²) in [4.78, 5) is 2.34. The Hall–Kier alpha value is -1.22. The van der Waals surface area contributed by atoms with Crippen molar-refractivity contribution in [3.05, 3.63) is 30.1 Å². The number of fused-ring (bicyclic) bond motifs is 4. The number of ether oxygens (including phenoxy) is 1. The minimum atomic E-state index is -3.37. The van der Waals surface area contributed by atoms with Gasteiger partial charge in [0.1, 0.15) is 18.2 Å². The molecule has 2 bridgehead atoms. The van der Waals surface area contributed by atoms with E-state index in [9.17, 15) is 12.8 Å². The highest BCUT2D eigenvalue weighted by Crippen LogP contribution is 2.29. The van der Waals surface area contributed by atoms with Crippen molar-refractivity contribution in [3.63, 3.8) is 0 Å². The molecule has 0 saturated carbocycles. The van der Waals surface area contributed by atoms with Crippen LogP contribution in [0.4, 0.5) is 4.39 Å². The molecule has 3 aliphatic heterocycles. The van der Waals surface area contributed by atoms with E-state index < -0.39 is 10.2 Å². The van der Waals surface area contributed by atoms with E-state index in [1.807, 2.05) is 0 Å². The van der Waals surface area contributed by atoms with E-state index in [0.29, 0.717) is 31.4 Å². The first-order valence-corrected chi connectivity index (χ1v) is 10.1. The van der Waals surface area contributed by atoms with E-state index >= 15 is 0 Å². The van der Waals surface area contributed by atoms with Gasteiger partial charge in [-0.25, -0.2) is 4.39 Å². The molecule has 140 valence electrons. The van der Waals surface area contributed by atoms with Crippen LogP contribution in [-0.2, 0) is 10.2 Å². The van der Waals surface area contributed by atoms with E-state index in [0.717, 1.165) is 25.9 Å². The largest absolute Gasteiger partial charge is 0.492 e. The molecule has 2 atom stereocenters. The molecule has 3 aliphatic rings. The topological polar surface area (TPSA) is 53.1 Å². The van der Waals surface area contributed by atoms with Gasteiger partial charge in [-0.1, -0.05) is 0 Å². The smallest absolute Gasteiger partial charge is 0.281 e. The van der Waals surface area contributed by atoms with Crippen molar-refractivity contribution in [3.8, 4) is 5.75 Å². The van der Waals surface area contributed by atoms with Gasteiger partial charge in [-0.05, 0) is 43.0 Å². The Morgan fingerprint density at radius 2 is 1.88 bits per heavy atom. The van der Waals surface area contributed by atoms with Crippen LogP contribution in [0.1, 0.15) is 12.8 Å². The lowest BCUT2D eigenvalue weighted by atomic mass is 9.95. The fraction of sp³-hybridized carbons (Fsp3) is 0.647. The Morgan fingerprint density at radius 1 is 1.16 bits per heavy atom. The predicted molar refractivity (Wildman–Crippen MR) is 94.2 cm³/mol. The fourth-order valence-corrected chi connectivity index (χ4v) is 4.86. The van der Waals surface area contributed by atoms with Crippen LogP contribution < -0.4 is 4.74 Å². The first kappa shape index (κ1) is 18.6. The molecule has 0 aromatic heterocycles. The second-order valence-electron chi connectivity index (χ2n) is 7.00. The summed E-state index contributed by atoms with van der Waals surface area (Å²) in [5, 5.41) is 0. The molecule has 4 rings (SSSR count). The van der Waals surface area contributed by atoms with E-state index in [2.05, 4.69) is 4.90 Å². The van der Waals surface area contributed by atoms with Crippen molar-refractivity contribution in [2.24, 2.45) is 5.92 Å². The zero-order chi connectivity index (χ0) is 18.0. The summed E-state index contributed by atoms with van der Waals surface area (Å²) in [5.41, 5.74) is 0. The quantitative estimate of drug-likeness (QED) is 0.759. The lowest BCUT2D eigenvalue weighted by molar-refractivity contribution is 0.111. The van der Waals surface area contributed by atoms with Crippen molar-refractivity contribution in [1.82, 2.24) is 13.5 Å². The highest BCUT2D eigenvalue weighted by Gasteiger charge is 2.39. The number of hydrogen-bond acceptors (Lipinski definition) is 4. The van der Waals surface area contributed by atoms with Gasteiger partial charge >= 0.3 is 0 Å². The molecular formula is C17H26FN3O3S. The first-order valence-electron chi connectivity index (χ1n) is 8.66. The van der Waals surface area contributed by atoms with Crippen molar-refractivity contribution in [1.29, 1.82) is 0 Å². The van der Waals surface area contributed by atoms with Crippen molar-refractivity contribution < 1.29 is 17.5 Å². The van der Waals surface area contributed by atoms with Crippen LogP contribution in [0, 0.1) is 11.7 Å². The molecule has 1 aromatic rings. The summed E-state index contributed by atoms with van der Waals surface area (Å²) in [7, 11) is -0.207. The van der Waals surface area contributed by atoms with Gasteiger partial charge in [0.25, 0.3) is 10.2 Å². The second-order valence-corrected chi connectivity index (χ2v) is 9.14. The SMILES string of the molecule is CN(C)S(=O)(=O)N1CC2CCC(C1)N(CCOc1ccc(F)cc1)C2. The average Bonchev–Trinajstić information content (AvgIpc) is 2.89. The summed E-state index contributed by atoms with van der Waals surface area (Å²) < 4.78 is 46.5. The van der Waals surface area contributed by atoms with Crippen LogP contribution in [-0.4, -0.2) is 74.9 Å². The zero-order valence-electron chi connectivity index (χ0n) is 14.8. The summed E-state index contributed by atoms with van der Waals surface area (Å²) in [6.07, 6.45) is 2.08. The summed E-state index contributed by atoms with van der Waals surface area (Å²) in [5.74, 6) is 0.733. The fourth-order valence-electron chi connectivity index (χ4n) is 3.64. The number of benzene rings is 1. The predicted octanol–water partition coefficient (Wildman–Crippen LogP) is 1.41. The number of nitrogens with zero attached hydrogens (tertiary/aromatic N) is 3. The number of halogens is 1. The van der Waals surface area contributed by atoms with E-state index in [-0.39, 0.29) is 11.9 Å². The molecular weight excluding hydrogens is 345 g/mol.